The molecule has 1 atom stereocenters. The molecule has 2 rings (SSSR count). The van der Waals surface area contributed by atoms with Crippen LogP contribution in [0.3, 0.4) is 0 Å². The molecule has 0 saturated carbocycles. The third-order valence-corrected chi connectivity index (χ3v) is 3.86. The van der Waals surface area contributed by atoms with Gasteiger partial charge in [0.05, 0.1) is 0 Å². The number of carbonyl (C=O) groups excluding carboxylic acids is 1. The molecule has 4 N–H and O–H groups in total. The summed E-state index contributed by atoms with van der Waals surface area (Å²) >= 11 is 0. The van der Waals surface area contributed by atoms with Gasteiger partial charge in [0.25, 0.3) is 5.91 Å². The average Bonchev–Trinajstić information content (AvgIpc) is 2.60. The number of carboxylic acid groups (broad SMARTS) is 1. The highest BCUT2D eigenvalue weighted by molar-refractivity contribution is 6.01. The van der Waals surface area contributed by atoms with Crippen LogP contribution in [-0.4, -0.2) is 28.1 Å². The van der Waals surface area contributed by atoms with Gasteiger partial charge in [-0.2, -0.15) is 5.26 Å². The first kappa shape index (κ1) is 18.8. The molecule has 1 amide bonds. The molecule has 1 unspecified atom stereocenters. The topological polar surface area (TPSA) is 122 Å². The number of hydrogen-bond acceptors (Lipinski definition) is 5. The highest BCUT2D eigenvalue weighted by atomic mass is 16.4. The van der Waals surface area contributed by atoms with Crippen LogP contribution < -0.4 is 10.6 Å². The minimum absolute atomic E-state index is 0.120. The highest BCUT2D eigenvalue weighted by Crippen LogP contribution is 2.29. The van der Waals surface area contributed by atoms with Gasteiger partial charge in [0.2, 0.25) is 0 Å². The molecule has 26 heavy (non-hydrogen) atoms. The van der Waals surface area contributed by atoms with Gasteiger partial charge in [-0.15, -0.1) is 0 Å². The van der Waals surface area contributed by atoms with E-state index in [-0.39, 0.29) is 17.2 Å². The second kappa shape index (κ2) is 8.03. The maximum Gasteiger partial charge on any atom is 0.326 e. The van der Waals surface area contributed by atoms with Gasteiger partial charge in [-0.05, 0) is 18.1 Å². The third kappa shape index (κ3) is 4.11. The van der Waals surface area contributed by atoms with Crippen LogP contribution in [0.5, 0.6) is 5.75 Å². The Balaban J connectivity index is 2.25. The number of carboxylic acids is 1. The number of amides is 1. The Morgan fingerprint density at radius 2 is 1.81 bits per heavy atom. The molecule has 0 aromatic heterocycles. The molecule has 7 nitrogen and oxygen atoms in total. The number of aliphatic carboxylic acids is 1. The lowest BCUT2D eigenvalue weighted by atomic mass is 10.0. The SMILES string of the molecule is CC(C)C(NC(=O)/C(C#N)=C\Nc1cccc2c(O)cccc12)C(=O)O. The Morgan fingerprint density at radius 3 is 2.42 bits per heavy atom. The van der Waals surface area contributed by atoms with Crippen molar-refractivity contribution >= 4 is 28.3 Å². The molecular formula is C19H19N3O4. The molecule has 2 aromatic rings. The Labute approximate surface area is 150 Å². The Morgan fingerprint density at radius 1 is 1.15 bits per heavy atom. The standard InChI is InChI=1S/C19H19N3O4/c1-11(2)17(19(25)26)22-18(24)12(9-20)10-21-15-7-3-6-14-13(15)5-4-8-16(14)23/h3-8,10-11,17,21,23H,1-2H3,(H,22,24)(H,25,26)/b12-10-. The smallest absolute Gasteiger partial charge is 0.326 e. The Hall–Kier alpha value is -3.53. The zero-order valence-electron chi connectivity index (χ0n) is 14.4. The third-order valence-electron chi connectivity index (χ3n) is 3.86. The summed E-state index contributed by atoms with van der Waals surface area (Å²) in [5, 5.41) is 34.8. The fourth-order valence-electron chi connectivity index (χ4n) is 2.45. The Bertz CT molecular complexity index is 913. The van der Waals surface area contributed by atoms with Crippen molar-refractivity contribution in [2.75, 3.05) is 5.32 Å². The minimum Gasteiger partial charge on any atom is -0.507 e. The van der Waals surface area contributed by atoms with E-state index in [4.69, 9.17) is 5.11 Å². The summed E-state index contributed by atoms with van der Waals surface area (Å²) in [5.41, 5.74) is 0.339. The van der Waals surface area contributed by atoms with E-state index in [0.717, 1.165) is 0 Å². The summed E-state index contributed by atoms with van der Waals surface area (Å²) < 4.78 is 0. The van der Waals surface area contributed by atoms with Crippen LogP contribution in [0.15, 0.2) is 48.2 Å². The van der Waals surface area contributed by atoms with E-state index in [1.54, 1.807) is 56.3 Å². The van der Waals surface area contributed by atoms with Gasteiger partial charge in [0.1, 0.15) is 23.4 Å². The normalized spacial score (nSPS) is 12.5. The first-order valence-corrected chi connectivity index (χ1v) is 7.96. The number of benzene rings is 2. The quantitative estimate of drug-likeness (QED) is 0.468. The molecule has 134 valence electrons. The van der Waals surface area contributed by atoms with E-state index >= 15 is 0 Å². The molecule has 0 saturated heterocycles. The van der Waals surface area contributed by atoms with Crippen LogP contribution in [0, 0.1) is 17.2 Å². The van der Waals surface area contributed by atoms with Gasteiger partial charge in [-0.1, -0.05) is 38.1 Å². The number of hydrogen-bond donors (Lipinski definition) is 4. The molecular weight excluding hydrogens is 334 g/mol. The number of phenolic OH excluding ortho intramolecular Hbond substituents is 1. The van der Waals surface area contributed by atoms with Gasteiger partial charge < -0.3 is 20.8 Å². The van der Waals surface area contributed by atoms with E-state index in [9.17, 15) is 20.0 Å². The minimum atomic E-state index is -1.16. The molecule has 0 spiro atoms. The average molecular weight is 353 g/mol. The van der Waals surface area contributed by atoms with Gasteiger partial charge in [0.15, 0.2) is 0 Å². The molecule has 0 bridgehead atoms. The summed E-state index contributed by atoms with van der Waals surface area (Å²) in [7, 11) is 0. The van der Waals surface area contributed by atoms with E-state index < -0.39 is 17.9 Å². The summed E-state index contributed by atoms with van der Waals surface area (Å²) in [5.74, 6) is -2.15. The van der Waals surface area contributed by atoms with Crippen molar-refractivity contribution in [3.05, 3.63) is 48.2 Å². The first-order valence-electron chi connectivity index (χ1n) is 7.96. The number of nitrogens with zero attached hydrogens (tertiary/aromatic N) is 1. The second-order valence-electron chi connectivity index (χ2n) is 6.03. The van der Waals surface area contributed by atoms with Gasteiger partial charge in [0, 0.05) is 22.7 Å². The number of nitriles is 1. The van der Waals surface area contributed by atoms with Crippen molar-refractivity contribution in [1.29, 1.82) is 5.26 Å². The van der Waals surface area contributed by atoms with Crippen molar-refractivity contribution in [1.82, 2.24) is 5.32 Å². The predicted molar refractivity (Wildman–Crippen MR) is 97.3 cm³/mol. The van der Waals surface area contributed by atoms with Gasteiger partial charge in [-0.3, -0.25) is 4.79 Å². The van der Waals surface area contributed by atoms with E-state index in [2.05, 4.69) is 10.6 Å². The molecule has 0 aliphatic heterocycles. The van der Waals surface area contributed by atoms with Crippen LogP contribution in [0.25, 0.3) is 10.8 Å². The van der Waals surface area contributed by atoms with E-state index in [1.165, 1.54) is 6.20 Å². The monoisotopic (exact) mass is 353 g/mol. The second-order valence-corrected chi connectivity index (χ2v) is 6.03. The number of anilines is 1. The molecule has 0 aliphatic rings. The number of carbonyl (C=O) groups is 2. The van der Waals surface area contributed by atoms with Crippen LogP contribution in [0.4, 0.5) is 5.69 Å². The summed E-state index contributed by atoms with van der Waals surface area (Å²) in [6.45, 7) is 3.32. The highest BCUT2D eigenvalue weighted by Gasteiger charge is 2.24. The van der Waals surface area contributed by atoms with Crippen LogP contribution >= 0.6 is 0 Å². The number of fused-ring (bicyclic) bond motifs is 1. The van der Waals surface area contributed by atoms with Gasteiger partial charge in [-0.25, -0.2) is 4.79 Å². The predicted octanol–water partition coefficient (Wildman–Crippen LogP) is 2.59. The van der Waals surface area contributed by atoms with Gasteiger partial charge >= 0.3 is 5.97 Å². The van der Waals surface area contributed by atoms with E-state index in [1.807, 2.05) is 0 Å². The fraction of sp³-hybridized carbons (Fsp3) is 0.211. The summed E-state index contributed by atoms with van der Waals surface area (Å²) in [6.07, 6.45) is 1.22. The fourth-order valence-corrected chi connectivity index (χ4v) is 2.45. The molecule has 0 fully saturated rings. The van der Waals surface area contributed by atoms with Crippen LogP contribution in [0.1, 0.15) is 13.8 Å². The maximum absolute atomic E-state index is 12.2. The van der Waals surface area contributed by atoms with Crippen molar-refractivity contribution in [2.24, 2.45) is 5.92 Å². The van der Waals surface area contributed by atoms with Crippen LogP contribution in [-0.2, 0) is 9.59 Å². The number of nitrogens with one attached hydrogen (secondary N) is 2. The lowest BCUT2D eigenvalue weighted by Crippen LogP contribution is -2.44. The van der Waals surface area contributed by atoms with E-state index in [0.29, 0.717) is 16.5 Å². The maximum atomic E-state index is 12.2. The lowest BCUT2D eigenvalue weighted by molar-refractivity contribution is -0.142. The molecule has 7 heteroatoms. The van der Waals surface area contributed by atoms with Crippen molar-refractivity contribution in [3.63, 3.8) is 0 Å². The number of aromatic hydroxyl groups is 1. The zero-order valence-corrected chi connectivity index (χ0v) is 14.4. The zero-order chi connectivity index (χ0) is 19.3. The lowest BCUT2D eigenvalue weighted by Gasteiger charge is -2.17. The molecule has 0 heterocycles. The largest absolute Gasteiger partial charge is 0.507 e. The van der Waals surface area contributed by atoms with Crippen molar-refractivity contribution in [3.8, 4) is 11.8 Å². The first-order chi connectivity index (χ1) is 12.3. The Kier molecular flexibility index (Phi) is 5.81. The van der Waals surface area contributed by atoms with Crippen molar-refractivity contribution in [2.45, 2.75) is 19.9 Å². The molecule has 2 aromatic carbocycles. The van der Waals surface area contributed by atoms with Crippen LogP contribution in [0.2, 0.25) is 0 Å². The van der Waals surface area contributed by atoms with Crippen molar-refractivity contribution < 1.29 is 19.8 Å². The summed E-state index contributed by atoms with van der Waals surface area (Å²) in [6, 6.07) is 10.9. The molecule has 0 radical (unpaired) electrons. The number of phenols is 1. The molecule has 0 aliphatic carbocycles. The number of rotatable bonds is 6. The summed E-state index contributed by atoms with van der Waals surface area (Å²) in [4.78, 5) is 23.4.